The largest absolute Gasteiger partial charge is 0.497 e. The zero-order valence-corrected chi connectivity index (χ0v) is 81.0. The molecule has 1 aliphatic rings. The quantitative estimate of drug-likeness (QED) is 0.0710. The van der Waals surface area contributed by atoms with Gasteiger partial charge in [0.05, 0.1) is 41.0 Å². The van der Waals surface area contributed by atoms with Gasteiger partial charge in [-0.1, -0.05) is 329 Å². The molecule has 0 spiro atoms. The molecule has 17 aromatic rings. The van der Waals surface area contributed by atoms with Crippen LogP contribution < -0.4 is 33.5 Å². The van der Waals surface area contributed by atoms with Gasteiger partial charge in [-0.3, -0.25) is 0 Å². The number of rotatable bonds is 21. The molecule has 129 heavy (non-hydrogen) atoms. The summed E-state index contributed by atoms with van der Waals surface area (Å²) >= 11 is 56.4. The molecule has 0 radical (unpaired) electrons. The van der Waals surface area contributed by atoms with Crippen LogP contribution in [0.5, 0.6) is 28.7 Å². The Labute approximate surface area is 804 Å². The number of ether oxygens (including phenoxy) is 5. The van der Waals surface area contributed by atoms with E-state index in [1.807, 2.05) is 66.7 Å². The predicted molar refractivity (Wildman–Crippen MR) is 547 cm³/mol. The topological polar surface area (TPSA) is 52.6 Å². The van der Waals surface area contributed by atoms with Gasteiger partial charge in [0, 0.05) is 77.7 Å². The van der Waals surface area contributed by atoms with Crippen molar-refractivity contribution >= 4 is 128 Å². The lowest BCUT2D eigenvalue weighted by Gasteiger charge is -2.78. The first-order valence-corrected chi connectivity index (χ1v) is 46.6. The minimum absolute atomic E-state index is 0.305. The average molecular weight is 1980 g/mol. The number of methoxy groups -OCH3 is 5. The van der Waals surface area contributed by atoms with Crippen LogP contribution in [0.4, 0.5) is 11.4 Å². The van der Waals surface area contributed by atoms with Gasteiger partial charge in [-0.25, -0.2) is 0 Å². The van der Waals surface area contributed by atoms with E-state index >= 15 is 0 Å². The first-order chi connectivity index (χ1) is 62.6. The lowest BCUT2D eigenvalue weighted by Crippen LogP contribution is -2.86. The second-order valence-corrected chi connectivity index (χ2v) is 37.5. The number of anilines is 2. The zero-order chi connectivity index (χ0) is 90.0. The fourth-order valence-corrected chi connectivity index (χ4v) is 23.1. The van der Waals surface area contributed by atoms with Gasteiger partial charge in [0.25, 0.3) is 0 Å². The van der Waals surface area contributed by atoms with Gasteiger partial charge in [0.2, 0.25) is 0 Å². The average Bonchev–Trinajstić information content (AvgIpc) is 0.616. The number of hydrogen-bond acceptors (Lipinski definition) is 7. The molecule has 640 valence electrons. The van der Waals surface area contributed by atoms with Gasteiger partial charge in [0.15, 0.2) is 17.2 Å². The highest BCUT2D eigenvalue weighted by Crippen LogP contribution is 2.78. The molecule has 0 saturated carbocycles. The molecule has 7 nitrogen and oxygen atoms in total. The molecule has 4 atom stereocenters. The van der Waals surface area contributed by atoms with Crippen LogP contribution in [0, 0.1) is 34.6 Å². The van der Waals surface area contributed by atoms with Crippen LogP contribution in [0.15, 0.2) is 365 Å². The first-order valence-electron chi connectivity index (χ1n) is 42.3. The van der Waals surface area contributed by atoms with Crippen LogP contribution in [0.2, 0.25) is 25.1 Å². The van der Waals surface area contributed by atoms with E-state index in [0.717, 1.165) is 120 Å². The molecule has 0 aromatic heterocycles. The molecule has 1 aliphatic heterocycles. The van der Waals surface area contributed by atoms with Gasteiger partial charge in [-0.2, -0.15) is 0 Å². The first kappa shape index (κ1) is 88.1. The Morgan fingerprint density at radius 3 is 1.53 bits per heavy atom. The maximum Gasteiger partial charge on any atom is 0.170 e. The molecule has 4 unspecified atom stereocenters. The van der Waals surface area contributed by atoms with Gasteiger partial charge in [-0.15, -0.1) is 0 Å². The summed E-state index contributed by atoms with van der Waals surface area (Å²) in [6, 6.07) is 125. The number of halogens is 8. The molecule has 0 aliphatic carbocycles. The maximum absolute atomic E-state index is 9.08. The highest BCUT2D eigenvalue weighted by molar-refractivity contribution is 9.11. The monoisotopic (exact) mass is 1980 g/mol. The van der Waals surface area contributed by atoms with Crippen molar-refractivity contribution in [3.63, 3.8) is 0 Å². The summed E-state index contributed by atoms with van der Waals surface area (Å²) in [6.07, 6.45) is 0. The number of para-hydroxylation sites is 1. The van der Waals surface area contributed by atoms with E-state index < -0.39 is 22.2 Å². The number of hydrogen-bond donors (Lipinski definition) is 0. The van der Waals surface area contributed by atoms with E-state index in [4.69, 9.17) is 97.6 Å². The van der Waals surface area contributed by atoms with Crippen molar-refractivity contribution in [1.82, 2.24) is 0 Å². The highest BCUT2D eigenvalue weighted by atomic mass is 79.9. The standard InChI is InChI=1S/C114H88Br3Cl5N2O5/c1-69-42-45-74(46-43-69)104-103(75-26-19-24-70(2)62-75)92(90-33-12-11-25-72(90)4)68-93-108(104)105(77-47-61-101(128-9)102(65-77)129-10)107(91-34-13-18-41-100(91)127-8)106(76-27-20-32-89(64-76)126-7)109(93)114(94-35-14-16-37-96(94)117)123(86-57-55-84(118)56-58-86)112(80-28-21-30-85(119)66-80,81-48-44-71(3)73(5)63-81)111(95-36-15-17-38-97(95)120,78-51-59-88(125-6)60-52-78)113(79-49-53-82(115)54-50-79,110-98(121)39-23-40-99(110)122)124(114)87-31-22-29-83(116)67-87/h11-68H,1-10H3. The molecule has 0 amide bonds. The molecular formula is C114H88Br3Cl5N2O5. The number of nitrogens with zero attached hydrogens (tertiary/aromatic N) is 2. The number of fused-ring (bicyclic) bond motifs is 1. The SMILES string of the molecule is COc1ccc(C2(c3ccccc3Cl)C(c3cccc(Cl)c3)(c3ccc(C)c(C)c3)N(c3ccc(Cl)cc3)C(c3ccccc3Br)(c3c(-c4cccc(OC)c4)c(-c4ccccc4OC)c(-c4ccc(OC)c(OC)c4)c4c(-c5ccc(C)cc5)c(-c5cccc(C)c5)c(-c5ccccc5C)cc34)N(c3cccc(Br)c3)C2(c2ccc(Br)cc2)c2c(Cl)cccc2Cl)cc1. The van der Waals surface area contributed by atoms with E-state index in [9.17, 15) is 0 Å². The van der Waals surface area contributed by atoms with E-state index in [0.29, 0.717) is 109 Å². The summed E-state index contributed by atoms with van der Waals surface area (Å²) in [6.45, 7) is 10.9. The summed E-state index contributed by atoms with van der Waals surface area (Å²) in [5.74, 6) is 2.73. The minimum atomic E-state index is -2.20. The summed E-state index contributed by atoms with van der Waals surface area (Å²) in [7, 11) is 8.54. The molecule has 1 heterocycles. The van der Waals surface area contributed by atoms with Crippen molar-refractivity contribution in [3.05, 3.63) is 463 Å². The van der Waals surface area contributed by atoms with E-state index in [2.05, 4.69) is 361 Å². The van der Waals surface area contributed by atoms with Gasteiger partial charge in [0.1, 0.15) is 28.3 Å². The molecule has 17 aromatic carbocycles. The Balaban J connectivity index is 1.36. The van der Waals surface area contributed by atoms with Crippen LogP contribution >= 0.6 is 106 Å². The van der Waals surface area contributed by atoms with Crippen LogP contribution in [0.1, 0.15) is 72.3 Å². The van der Waals surface area contributed by atoms with Gasteiger partial charge < -0.3 is 33.5 Å². The van der Waals surface area contributed by atoms with Crippen molar-refractivity contribution in [1.29, 1.82) is 0 Å². The molecule has 1 fully saturated rings. The van der Waals surface area contributed by atoms with E-state index in [1.165, 1.54) is 0 Å². The molecule has 0 N–H and O–H groups in total. The normalized spacial score (nSPS) is 16.7. The zero-order valence-electron chi connectivity index (χ0n) is 72.4. The maximum atomic E-state index is 9.08. The van der Waals surface area contributed by atoms with Crippen molar-refractivity contribution in [3.8, 4) is 95.5 Å². The minimum Gasteiger partial charge on any atom is -0.497 e. The van der Waals surface area contributed by atoms with Crippen molar-refractivity contribution in [2.75, 3.05) is 45.3 Å². The van der Waals surface area contributed by atoms with Gasteiger partial charge >= 0.3 is 0 Å². The van der Waals surface area contributed by atoms with Crippen molar-refractivity contribution in [2.24, 2.45) is 0 Å². The van der Waals surface area contributed by atoms with Crippen LogP contribution in [0.25, 0.3) is 77.5 Å². The Kier molecular flexibility index (Phi) is 24.7. The Morgan fingerprint density at radius 2 is 0.868 bits per heavy atom. The van der Waals surface area contributed by atoms with Crippen LogP contribution in [0.3, 0.4) is 0 Å². The fourth-order valence-electron chi connectivity index (χ4n) is 20.6. The molecular weight excluding hydrogens is 1890 g/mol. The molecule has 18 rings (SSSR count). The Morgan fingerprint density at radius 1 is 0.287 bits per heavy atom. The molecule has 1 saturated heterocycles. The predicted octanol–water partition coefficient (Wildman–Crippen LogP) is 33.1. The summed E-state index contributed by atoms with van der Waals surface area (Å²) in [4.78, 5) is 5.40. The lowest BCUT2D eigenvalue weighted by atomic mass is 9.41. The lowest BCUT2D eigenvalue weighted by molar-refractivity contribution is 0.0818. The van der Waals surface area contributed by atoms with Gasteiger partial charge in [-0.05, 0) is 285 Å². The van der Waals surface area contributed by atoms with Crippen LogP contribution in [-0.2, 0) is 22.2 Å². The third-order valence-electron chi connectivity index (χ3n) is 25.8. The van der Waals surface area contributed by atoms with Crippen molar-refractivity contribution in [2.45, 2.75) is 56.8 Å². The third-order valence-corrected chi connectivity index (χ3v) is 29.0. The second kappa shape index (κ2) is 36.1. The number of benzene rings is 17. The highest BCUT2D eigenvalue weighted by Gasteiger charge is 2.82. The summed E-state index contributed by atoms with van der Waals surface area (Å²) in [5, 5.41) is 3.48. The van der Waals surface area contributed by atoms with E-state index in [-0.39, 0.29) is 0 Å². The summed E-state index contributed by atoms with van der Waals surface area (Å²) in [5.41, 5.74) is 13.6. The van der Waals surface area contributed by atoms with Crippen LogP contribution in [-0.4, -0.2) is 35.5 Å². The Bertz CT molecular complexity index is 7180. The van der Waals surface area contributed by atoms with Crippen molar-refractivity contribution < 1.29 is 23.7 Å². The fraction of sp³-hybridized carbons (Fsp3) is 0.123. The second-order valence-electron chi connectivity index (χ2n) is 32.7. The molecule has 15 heteroatoms. The number of aryl methyl sites for hydroxylation is 5. The smallest absolute Gasteiger partial charge is 0.170 e. The molecule has 0 bridgehead atoms. The van der Waals surface area contributed by atoms with E-state index in [1.54, 1.807) is 35.5 Å². The Hall–Kier alpha value is -11.5. The summed E-state index contributed by atoms with van der Waals surface area (Å²) < 4.78 is 35.5. The third kappa shape index (κ3) is 14.5.